The number of rotatable bonds is 4. The summed E-state index contributed by atoms with van der Waals surface area (Å²) < 4.78 is 0. The third-order valence-electron chi connectivity index (χ3n) is 4.25. The highest BCUT2D eigenvalue weighted by Crippen LogP contribution is 2.30. The van der Waals surface area contributed by atoms with Crippen LogP contribution in [0.25, 0.3) is 0 Å². The molecule has 19 heavy (non-hydrogen) atoms. The predicted octanol–water partition coefficient (Wildman–Crippen LogP) is 3.93. The lowest BCUT2D eigenvalue weighted by atomic mass is 9.80. The van der Waals surface area contributed by atoms with Gasteiger partial charge in [0.15, 0.2) is 0 Å². The van der Waals surface area contributed by atoms with Gasteiger partial charge in [0.1, 0.15) is 0 Å². The SMILES string of the molecule is Cc1ccc(C(=O)O)c(NCC2CCCCC2C)c1. The summed E-state index contributed by atoms with van der Waals surface area (Å²) in [4.78, 5) is 11.2. The molecule has 2 atom stereocenters. The minimum absolute atomic E-state index is 0.370. The highest BCUT2D eigenvalue weighted by atomic mass is 16.4. The van der Waals surface area contributed by atoms with Crippen LogP contribution in [0, 0.1) is 18.8 Å². The van der Waals surface area contributed by atoms with Gasteiger partial charge in [-0.05, 0) is 42.9 Å². The Morgan fingerprint density at radius 1 is 1.37 bits per heavy atom. The number of nitrogens with one attached hydrogen (secondary N) is 1. The number of carbonyl (C=O) groups is 1. The fourth-order valence-electron chi connectivity index (χ4n) is 2.93. The first-order valence-corrected chi connectivity index (χ1v) is 7.15. The maximum absolute atomic E-state index is 11.2. The van der Waals surface area contributed by atoms with Crippen molar-refractivity contribution in [3.05, 3.63) is 29.3 Å². The van der Waals surface area contributed by atoms with Crippen LogP contribution in [0.3, 0.4) is 0 Å². The molecule has 0 aromatic heterocycles. The van der Waals surface area contributed by atoms with Crippen LogP contribution < -0.4 is 5.32 Å². The molecular formula is C16H23NO2. The van der Waals surface area contributed by atoms with Crippen LogP contribution in [0.5, 0.6) is 0 Å². The van der Waals surface area contributed by atoms with Crippen molar-refractivity contribution in [3.8, 4) is 0 Å². The highest BCUT2D eigenvalue weighted by molar-refractivity contribution is 5.94. The molecule has 1 saturated carbocycles. The standard InChI is InChI=1S/C16H23NO2/c1-11-7-8-14(16(18)19)15(9-11)17-10-13-6-4-3-5-12(13)2/h7-9,12-13,17H,3-6,10H2,1-2H3,(H,18,19). The van der Waals surface area contributed by atoms with Crippen LogP contribution in [0.1, 0.15) is 48.5 Å². The van der Waals surface area contributed by atoms with E-state index in [2.05, 4.69) is 12.2 Å². The molecule has 1 aliphatic rings. The summed E-state index contributed by atoms with van der Waals surface area (Å²) in [6, 6.07) is 5.46. The van der Waals surface area contributed by atoms with E-state index in [4.69, 9.17) is 0 Å². The summed E-state index contributed by atoms with van der Waals surface area (Å²) in [5.74, 6) is 0.537. The van der Waals surface area contributed by atoms with Gasteiger partial charge in [0, 0.05) is 12.2 Å². The molecule has 2 rings (SSSR count). The Hall–Kier alpha value is -1.51. The van der Waals surface area contributed by atoms with E-state index in [1.165, 1.54) is 25.7 Å². The van der Waals surface area contributed by atoms with Gasteiger partial charge in [-0.2, -0.15) is 0 Å². The monoisotopic (exact) mass is 261 g/mol. The highest BCUT2D eigenvalue weighted by Gasteiger charge is 2.21. The molecule has 0 spiro atoms. The zero-order chi connectivity index (χ0) is 13.8. The Morgan fingerprint density at radius 2 is 2.11 bits per heavy atom. The van der Waals surface area contributed by atoms with E-state index in [-0.39, 0.29) is 0 Å². The van der Waals surface area contributed by atoms with Crippen LogP contribution in [-0.4, -0.2) is 17.6 Å². The molecule has 2 N–H and O–H groups in total. The van der Waals surface area contributed by atoms with Crippen molar-refractivity contribution < 1.29 is 9.90 Å². The van der Waals surface area contributed by atoms with Crippen molar-refractivity contribution >= 4 is 11.7 Å². The molecule has 0 aliphatic heterocycles. The average Bonchev–Trinajstić information content (AvgIpc) is 2.37. The molecule has 104 valence electrons. The number of carboxylic acid groups (broad SMARTS) is 1. The largest absolute Gasteiger partial charge is 0.478 e. The van der Waals surface area contributed by atoms with Crippen LogP contribution in [0.2, 0.25) is 0 Å². The van der Waals surface area contributed by atoms with Gasteiger partial charge >= 0.3 is 5.97 Å². The molecule has 0 heterocycles. The Balaban J connectivity index is 2.05. The lowest BCUT2D eigenvalue weighted by Gasteiger charge is -2.29. The third kappa shape index (κ3) is 3.49. The van der Waals surface area contributed by atoms with Crippen LogP contribution in [0.15, 0.2) is 18.2 Å². The molecule has 0 amide bonds. The molecule has 1 aliphatic carbocycles. The number of hydrogen-bond donors (Lipinski definition) is 2. The minimum atomic E-state index is -0.862. The van der Waals surface area contributed by atoms with Crippen molar-refractivity contribution in [1.29, 1.82) is 0 Å². The second-order valence-electron chi connectivity index (χ2n) is 5.76. The van der Waals surface area contributed by atoms with Crippen LogP contribution in [0.4, 0.5) is 5.69 Å². The first-order chi connectivity index (χ1) is 9.08. The molecule has 2 unspecified atom stereocenters. The van der Waals surface area contributed by atoms with Gasteiger partial charge < -0.3 is 10.4 Å². The van der Waals surface area contributed by atoms with Crippen LogP contribution >= 0.6 is 0 Å². The number of carboxylic acids is 1. The molecule has 3 nitrogen and oxygen atoms in total. The summed E-state index contributed by atoms with van der Waals surface area (Å²) >= 11 is 0. The topological polar surface area (TPSA) is 49.3 Å². The molecule has 0 bridgehead atoms. The van der Waals surface area contributed by atoms with Crippen molar-refractivity contribution in [3.63, 3.8) is 0 Å². The first kappa shape index (κ1) is 13.9. The van der Waals surface area contributed by atoms with Gasteiger partial charge in [-0.3, -0.25) is 0 Å². The fraction of sp³-hybridized carbons (Fsp3) is 0.562. The van der Waals surface area contributed by atoms with Gasteiger partial charge in [0.2, 0.25) is 0 Å². The van der Waals surface area contributed by atoms with Gasteiger partial charge in [-0.15, -0.1) is 0 Å². The Morgan fingerprint density at radius 3 is 2.79 bits per heavy atom. The molecule has 0 radical (unpaired) electrons. The average molecular weight is 261 g/mol. The maximum Gasteiger partial charge on any atom is 0.337 e. The number of hydrogen-bond acceptors (Lipinski definition) is 2. The molecule has 1 aromatic carbocycles. The van der Waals surface area contributed by atoms with E-state index in [9.17, 15) is 9.90 Å². The van der Waals surface area contributed by atoms with Crippen molar-refractivity contribution in [2.24, 2.45) is 11.8 Å². The Labute approximate surface area is 115 Å². The summed E-state index contributed by atoms with van der Waals surface area (Å²) in [5, 5.41) is 12.6. The van der Waals surface area contributed by atoms with Gasteiger partial charge in [-0.25, -0.2) is 4.79 Å². The van der Waals surface area contributed by atoms with Gasteiger partial charge in [0.25, 0.3) is 0 Å². The maximum atomic E-state index is 11.2. The summed E-state index contributed by atoms with van der Waals surface area (Å²) in [7, 11) is 0. The zero-order valence-electron chi connectivity index (χ0n) is 11.8. The molecule has 1 aromatic rings. The van der Waals surface area contributed by atoms with E-state index in [1.807, 2.05) is 19.1 Å². The Kier molecular flexibility index (Phi) is 4.46. The van der Waals surface area contributed by atoms with E-state index in [0.717, 1.165) is 23.7 Å². The van der Waals surface area contributed by atoms with E-state index >= 15 is 0 Å². The summed E-state index contributed by atoms with van der Waals surface area (Å²) in [5.41, 5.74) is 2.21. The van der Waals surface area contributed by atoms with Crippen LogP contribution in [-0.2, 0) is 0 Å². The first-order valence-electron chi connectivity index (χ1n) is 7.15. The van der Waals surface area contributed by atoms with Crippen molar-refractivity contribution in [1.82, 2.24) is 0 Å². The van der Waals surface area contributed by atoms with E-state index < -0.39 is 5.97 Å². The zero-order valence-corrected chi connectivity index (χ0v) is 11.8. The second-order valence-corrected chi connectivity index (χ2v) is 5.76. The number of aromatic carboxylic acids is 1. The lowest BCUT2D eigenvalue weighted by molar-refractivity contribution is 0.0698. The molecule has 3 heteroatoms. The molecule has 1 fully saturated rings. The quantitative estimate of drug-likeness (QED) is 0.863. The minimum Gasteiger partial charge on any atom is -0.478 e. The number of benzene rings is 1. The van der Waals surface area contributed by atoms with Gasteiger partial charge in [0.05, 0.1) is 5.56 Å². The number of aryl methyl sites for hydroxylation is 1. The predicted molar refractivity (Wildman–Crippen MR) is 77.8 cm³/mol. The van der Waals surface area contributed by atoms with Gasteiger partial charge in [-0.1, -0.05) is 32.3 Å². The summed E-state index contributed by atoms with van der Waals surface area (Å²) in [6.45, 7) is 5.17. The Bertz CT molecular complexity index is 456. The lowest BCUT2D eigenvalue weighted by Crippen LogP contribution is -2.25. The summed E-state index contributed by atoms with van der Waals surface area (Å²) in [6.07, 6.45) is 5.19. The normalized spacial score (nSPS) is 23.1. The third-order valence-corrected chi connectivity index (χ3v) is 4.25. The van der Waals surface area contributed by atoms with Crippen molar-refractivity contribution in [2.75, 3.05) is 11.9 Å². The second kappa shape index (κ2) is 6.09. The molecule has 0 saturated heterocycles. The van der Waals surface area contributed by atoms with E-state index in [0.29, 0.717) is 11.5 Å². The van der Waals surface area contributed by atoms with Crippen molar-refractivity contribution in [2.45, 2.75) is 39.5 Å². The fourth-order valence-corrected chi connectivity index (χ4v) is 2.93. The smallest absolute Gasteiger partial charge is 0.337 e. The van der Waals surface area contributed by atoms with E-state index in [1.54, 1.807) is 6.07 Å². The molecular weight excluding hydrogens is 238 g/mol. The number of anilines is 1.